The molecule has 0 radical (unpaired) electrons. The minimum absolute atomic E-state index is 0.130. The van der Waals surface area contributed by atoms with Crippen molar-refractivity contribution in [1.29, 1.82) is 0 Å². The van der Waals surface area contributed by atoms with E-state index in [2.05, 4.69) is 0 Å². The SMILES string of the molecule is CC(C)C(N)C(=O)CCc1ccc(Cl)cc1. The third-order valence-corrected chi connectivity index (χ3v) is 2.92. The summed E-state index contributed by atoms with van der Waals surface area (Å²) in [5.41, 5.74) is 6.90. The van der Waals surface area contributed by atoms with Crippen molar-refractivity contribution in [1.82, 2.24) is 0 Å². The molecule has 1 unspecified atom stereocenters. The fourth-order valence-electron chi connectivity index (χ4n) is 1.46. The van der Waals surface area contributed by atoms with Gasteiger partial charge in [0, 0.05) is 11.4 Å². The smallest absolute Gasteiger partial charge is 0.150 e. The average Bonchev–Trinajstić information content (AvgIpc) is 2.26. The first-order valence-electron chi connectivity index (χ1n) is 5.53. The maximum Gasteiger partial charge on any atom is 0.150 e. The van der Waals surface area contributed by atoms with Crippen LogP contribution in [0.2, 0.25) is 5.02 Å². The van der Waals surface area contributed by atoms with E-state index >= 15 is 0 Å². The van der Waals surface area contributed by atoms with Crippen LogP contribution in [0.1, 0.15) is 25.8 Å². The fourth-order valence-corrected chi connectivity index (χ4v) is 1.58. The summed E-state index contributed by atoms with van der Waals surface area (Å²) in [6, 6.07) is 7.22. The second kappa shape index (κ2) is 6.02. The number of ketones is 1. The zero-order valence-corrected chi connectivity index (χ0v) is 10.5. The van der Waals surface area contributed by atoms with Crippen LogP contribution < -0.4 is 5.73 Å². The van der Waals surface area contributed by atoms with Crippen LogP contribution in [0.15, 0.2) is 24.3 Å². The number of rotatable bonds is 5. The lowest BCUT2D eigenvalue weighted by Gasteiger charge is -2.13. The second-order valence-electron chi connectivity index (χ2n) is 4.36. The first kappa shape index (κ1) is 13.2. The lowest BCUT2D eigenvalue weighted by atomic mass is 9.96. The standard InChI is InChI=1S/C13H18ClNO/c1-9(2)13(15)12(16)8-5-10-3-6-11(14)7-4-10/h3-4,6-7,9,13H,5,8,15H2,1-2H3. The van der Waals surface area contributed by atoms with Gasteiger partial charge in [-0.2, -0.15) is 0 Å². The highest BCUT2D eigenvalue weighted by Gasteiger charge is 2.16. The molecule has 0 saturated heterocycles. The van der Waals surface area contributed by atoms with Crippen LogP contribution in [0.25, 0.3) is 0 Å². The molecule has 0 spiro atoms. The number of Topliss-reactive ketones (excluding diaryl/α,β-unsaturated/α-hetero) is 1. The van der Waals surface area contributed by atoms with Gasteiger partial charge in [0.05, 0.1) is 6.04 Å². The molecule has 1 rings (SSSR count). The molecule has 0 bridgehead atoms. The van der Waals surface area contributed by atoms with Crippen molar-refractivity contribution in [2.24, 2.45) is 11.7 Å². The van der Waals surface area contributed by atoms with Gasteiger partial charge < -0.3 is 5.73 Å². The summed E-state index contributed by atoms with van der Waals surface area (Å²) in [5.74, 6) is 0.336. The second-order valence-corrected chi connectivity index (χ2v) is 4.80. The van der Waals surface area contributed by atoms with Crippen molar-refractivity contribution in [3.63, 3.8) is 0 Å². The molecule has 3 heteroatoms. The van der Waals surface area contributed by atoms with Gasteiger partial charge in [0.1, 0.15) is 5.78 Å². The van der Waals surface area contributed by atoms with Gasteiger partial charge in [-0.05, 0) is 30.0 Å². The zero-order valence-electron chi connectivity index (χ0n) is 9.74. The summed E-state index contributed by atoms with van der Waals surface area (Å²) in [6.07, 6.45) is 1.23. The Morgan fingerprint density at radius 1 is 1.31 bits per heavy atom. The van der Waals surface area contributed by atoms with Crippen LogP contribution in [-0.4, -0.2) is 11.8 Å². The summed E-state index contributed by atoms with van der Waals surface area (Å²) < 4.78 is 0. The molecular formula is C13H18ClNO. The lowest BCUT2D eigenvalue weighted by molar-refractivity contribution is -0.121. The van der Waals surface area contributed by atoms with Crippen molar-refractivity contribution in [2.45, 2.75) is 32.7 Å². The molecule has 16 heavy (non-hydrogen) atoms. The number of aryl methyl sites for hydroxylation is 1. The molecule has 0 aromatic heterocycles. The van der Waals surface area contributed by atoms with Gasteiger partial charge in [-0.1, -0.05) is 37.6 Å². The van der Waals surface area contributed by atoms with Crippen molar-refractivity contribution < 1.29 is 4.79 Å². The molecule has 0 aliphatic carbocycles. The van der Waals surface area contributed by atoms with E-state index in [1.807, 2.05) is 38.1 Å². The van der Waals surface area contributed by atoms with E-state index < -0.39 is 0 Å². The van der Waals surface area contributed by atoms with Gasteiger partial charge >= 0.3 is 0 Å². The zero-order chi connectivity index (χ0) is 12.1. The maximum atomic E-state index is 11.7. The molecule has 0 saturated carbocycles. The van der Waals surface area contributed by atoms with Crippen LogP contribution in [0.3, 0.4) is 0 Å². The quantitative estimate of drug-likeness (QED) is 0.859. The van der Waals surface area contributed by atoms with Gasteiger partial charge in [0.15, 0.2) is 0 Å². The third kappa shape index (κ3) is 3.95. The number of hydrogen-bond donors (Lipinski definition) is 1. The van der Waals surface area contributed by atoms with Gasteiger partial charge in [-0.3, -0.25) is 4.79 Å². The predicted octanol–water partition coefficient (Wildman–Crippen LogP) is 2.83. The van der Waals surface area contributed by atoms with Crippen LogP contribution >= 0.6 is 11.6 Å². The Morgan fingerprint density at radius 2 is 1.88 bits per heavy atom. The molecule has 1 aromatic rings. The number of nitrogens with two attached hydrogens (primary N) is 1. The molecule has 0 aliphatic heterocycles. The molecule has 1 atom stereocenters. The molecule has 1 aromatic carbocycles. The van der Waals surface area contributed by atoms with E-state index in [-0.39, 0.29) is 17.7 Å². The van der Waals surface area contributed by atoms with Crippen molar-refractivity contribution >= 4 is 17.4 Å². The van der Waals surface area contributed by atoms with Crippen LogP contribution in [0.4, 0.5) is 0 Å². The van der Waals surface area contributed by atoms with Crippen LogP contribution in [0, 0.1) is 5.92 Å². The summed E-state index contributed by atoms with van der Waals surface area (Å²) in [7, 11) is 0. The van der Waals surface area contributed by atoms with E-state index in [4.69, 9.17) is 17.3 Å². The topological polar surface area (TPSA) is 43.1 Å². The van der Waals surface area contributed by atoms with E-state index in [9.17, 15) is 4.79 Å². The Bertz CT molecular complexity index is 345. The molecule has 0 fully saturated rings. The number of carbonyl (C=O) groups excluding carboxylic acids is 1. The monoisotopic (exact) mass is 239 g/mol. The Morgan fingerprint density at radius 3 is 2.38 bits per heavy atom. The highest BCUT2D eigenvalue weighted by Crippen LogP contribution is 2.12. The average molecular weight is 240 g/mol. The van der Waals surface area contributed by atoms with Gasteiger partial charge in [0.2, 0.25) is 0 Å². The van der Waals surface area contributed by atoms with Gasteiger partial charge in [-0.25, -0.2) is 0 Å². The minimum atomic E-state index is -0.340. The number of halogens is 1. The Balaban J connectivity index is 2.46. The summed E-state index contributed by atoms with van der Waals surface area (Å²) in [5, 5.41) is 0.717. The molecule has 0 amide bonds. The number of carbonyl (C=O) groups is 1. The predicted molar refractivity (Wildman–Crippen MR) is 67.6 cm³/mol. The van der Waals surface area contributed by atoms with Gasteiger partial charge in [0.25, 0.3) is 0 Å². The Labute approximate surface area is 102 Å². The third-order valence-electron chi connectivity index (χ3n) is 2.66. The first-order valence-corrected chi connectivity index (χ1v) is 5.91. The summed E-state index contributed by atoms with van der Waals surface area (Å²) in [4.78, 5) is 11.7. The lowest BCUT2D eigenvalue weighted by Crippen LogP contribution is -2.35. The number of hydrogen-bond acceptors (Lipinski definition) is 2. The fraction of sp³-hybridized carbons (Fsp3) is 0.462. The van der Waals surface area contributed by atoms with E-state index in [0.29, 0.717) is 11.4 Å². The minimum Gasteiger partial charge on any atom is -0.321 e. The highest BCUT2D eigenvalue weighted by atomic mass is 35.5. The molecule has 0 heterocycles. The molecule has 0 aliphatic rings. The van der Waals surface area contributed by atoms with E-state index in [0.717, 1.165) is 12.0 Å². The van der Waals surface area contributed by atoms with E-state index in [1.165, 1.54) is 0 Å². The normalized spacial score (nSPS) is 12.8. The highest BCUT2D eigenvalue weighted by molar-refractivity contribution is 6.30. The Kier molecular flexibility index (Phi) is 4.97. The Hall–Kier alpha value is -0.860. The van der Waals surface area contributed by atoms with E-state index in [1.54, 1.807) is 0 Å². The van der Waals surface area contributed by atoms with Crippen molar-refractivity contribution in [3.05, 3.63) is 34.9 Å². The molecule has 2 N–H and O–H groups in total. The largest absolute Gasteiger partial charge is 0.321 e. The number of benzene rings is 1. The molecule has 2 nitrogen and oxygen atoms in total. The van der Waals surface area contributed by atoms with Crippen LogP contribution in [-0.2, 0) is 11.2 Å². The molecule has 88 valence electrons. The molecular weight excluding hydrogens is 222 g/mol. The maximum absolute atomic E-state index is 11.7. The van der Waals surface area contributed by atoms with Crippen LogP contribution in [0.5, 0.6) is 0 Å². The van der Waals surface area contributed by atoms with Crippen molar-refractivity contribution in [2.75, 3.05) is 0 Å². The van der Waals surface area contributed by atoms with Crippen molar-refractivity contribution in [3.8, 4) is 0 Å². The first-order chi connectivity index (χ1) is 7.50. The summed E-state index contributed by atoms with van der Waals surface area (Å²) in [6.45, 7) is 3.93. The summed E-state index contributed by atoms with van der Waals surface area (Å²) >= 11 is 5.78. The van der Waals surface area contributed by atoms with Gasteiger partial charge in [-0.15, -0.1) is 0 Å².